The van der Waals surface area contributed by atoms with Crippen molar-refractivity contribution in [3.8, 4) is 0 Å². The summed E-state index contributed by atoms with van der Waals surface area (Å²) in [5.74, 6) is -0.434. The molecule has 0 atom stereocenters. The lowest BCUT2D eigenvalue weighted by molar-refractivity contribution is -0.384. The number of hydrogen-bond acceptors (Lipinski definition) is 6. The Labute approximate surface area is 174 Å². The number of benzene rings is 2. The Kier molecular flexibility index (Phi) is 6.60. The molecular weight excluding hydrogens is 408 g/mol. The molecule has 0 aromatic heterocycles. The van der Waals surface area contributed by atoms with Gasteiger partial charge in [-0.3, -0.25) is 14.9 Å². The molecule has 0 saturated carbocycles. The summed E-state index contributed by atoms with van der Waals surface area (Å²) in [7, 11) is -1.61. The van der Waals surface area contributed by atoms with E-state index in [-0.39, 0.29) is 10.6 Å². The number of nitro groups is 1. The van der Waals surface area contributed by atoms with Crippen LogP contribution in [0.1, 0.15) is 5.56 Å². The van der Waals surface area contributed by atoms with Gasteiger partial charge in [0.15, 0.2) is 0 Å². The van der Waals surface area contributed by atoms with E-state index in [9.17, 15) is 23.3 Å². The number of sulfonamides is 1. The predicted octanol–water partition coefficient (Wildman–Crippen LogP) is 2.18. The minimum absolute atomic E-state index is 0.0605. The first-order valence-corrected chi connectivity index (χ1v) is 10.7. The Balaban J connectivity index is 1.63. The normalized spacial score (nSPS) is 15.9. The lowest BCUT2D eigenvalue weighted by Crippen LogP contribution is -2.46. The average Bonchev–Trinajstić information content (AvgIpc) is 2.73. The number of nitro benzene ring substituents is 1. The highest BCUT2D eigenvalue weighted by Crippen LogP contribution is 2.20. The molecule has 0 unspecified atom stereocenters. The van der Waals surface area contributed by atoms with E-state index in [1.807, 2.05) is 7.05 Å². The molecule has 1 saturated heterocycles. The van der Waals surface area contributed by atoms with E-state index in [2.05, 4.69) is 10.2 Å². The summed E-state index contributed by atoms with van der Waals surface area (Å²) in [5, 5.41) is 13.4. The van der Waals surface area contributed by atoms with Crippen molar-refractivity contribution in [1.29, 1.82) is 0 Å². The van der Waals surface area contributed by atoms with Gasteiger partial charge in [-0.05, 0) is 43.0 Å². The van der Waals surface area contributed by atoms with E-state index < -0.39 is 20.9 Å². The zero-order chi connectivity index (χ0) is 21.7. The van der Waals surface area contributed by atoms with Crippen molar-refractivity contribution < 1.29 is 18.1 Å². The Morgan fingerprint density at radius 2 is 1.77 bits per heavy atom. The fraction of sp³-hybridized carbons (Fsp3) is 0.250. The zero-order valence-corrected chi connectivity index (χ0v) is 17.2. The van der Waals surface area contributed by atoms with Gasteiger partial charge in [0, 0.05) is 50.1 Å². The smallest absolute Gasteiger partial charge is 0.270 e. The summed E-state index contributed by atoms with van der Waals surface area (Å²) in [4.78, 5) is 24.7. The van der Waals surface area contributed by atoms with Gasteiger partial charge in [0.05, 0.1) is 9.82 Å². The fourth-order valence-electron chi connectivity index (χ4n) is 2.99. The number of nitrogens with one attached hydrogen (secondary N) is 1. The van der Waals surface area contributed by atoms with Gasteiger partial charge in [0.25, 0.3) is 5.69 Å². The van der Waals surface area contributed by atoms with Gasteiger partial charge < -0.3 is 10.2 Å². The Hall–Kier alpha value is -3.08. The van der Waals surface area contributed by atoms with Crippen LogP contribution in [0.4, 0.5) is 11.4 Å². The number of likely N-dealkylation sites (N-methyl/N-ethyl adjacent to an activating group) is 1. The van der Waals surface area contributed by atoms with Gasteiger partial charge in [-0.1, -0.05) is 12.1 Å². The highest BCUT2D eigenvalue weighted by molar-refractivity contribution is 7.89. The molecule has 1 heterocycles. The number of carbonyl (C=O) groups is 1. The van der Waals surface area contributed by atoms with Gasteiger partial charge in [0.1, 0.15) is 0 Å². The second-order valence-corrected chi connectivity index (χ2v) is 8.84. The third kappa shape index (κ3) is 5.29. The minimum Gasteiger partial charge on any atom is -0.323 e. The van der Waals surface area contributed by atoms with Gasteiger partial charge in [-0.25, -0.2) is 8.42 Å². The second kappa shape index (κ2) is 9.16. The first kappa shape index (κ1) is 21.6. The van der Waals surface area contributed by atoms with Crippen LogP contribution in [-0.2, 0) is 14.8 Å². The molecule has 1 aliphatic heterocycles. The quantitative estimate of drug-likeness (QED) is 0.427. The summed E-state index contributed by atoms with van der Waals surface area (Å²) in [5.41, 5.74) is 0.906. The summed E-state index contributed by atoms with van der Waals surface area (Å²) in [6, 6.07) is 11.9. The van der Waals surface area contributed by atoms with E-state index >= 15 is 0 Å². The van der Waals surface area contributed by atoms with E-state index in [0.29, 0.717) is 37.4 Å². The number of carbonyl (C=O) groups excluding carboxylic acids is 1. The van der Waals surface area contributed by atoms with Crippen LogP contribution in [0.2, 0.25) is 0 Å². The third-order valence-corrected chi connectivity index (χ3v) is 6.64. The van der Waals surface area contributed by atoms with Crippen molar-refractivity contribution in [3.05, 3.63) is 70.3 Å². The number of anilines is 1. The highest BCUT2D eigenvalue weighted by atomic mass is 32.2. The van der Waals surface area contributed by atoms with E-state index in [1.165, 1.54) is 58.9 Å². The molecule has 30 heavy (non-hydrogen) atoms. The SMILES string of the molecule is CN1CCN(S(=O)(=O)c2ccc(NC(=O)/C=C/c3cccc([N+](=O)[O-])c3)cc2)CC1. The number of nitrogens with zero attached hydrogens (tertiary/aromatic N) is 3. The Morgan fingerprint density at radius 3 is 2.40 bits per heavy atom. The molecule has 1 aliphatic rings. The zero-order valence-electron chi connectivity index (χ0n) is 16.4. The maximum absolute atomic E-state index is 12.7. The summed E-state index contributed by atoms with van der Waals surface area (Å²) >= 11 is 0. The molecule has 2 aromatic rings. The Bertz CT molecular complexity index is 1060. The summed E-state index contributed by atoms with van der Waals surface area (Å²) in [6.45, 7) is 2.26. The number of piperazine rings is 1. The molecule has 10 heteroatoms. The summed E-state index contributed by atoms with van der Waals surface area (Å²) in [6.07, 6.45) is 2.72. The van der Waals surface area contributed by atoms with Crippen LogP contribution in [0.5, 0.6) is 0 Å². The van der Waals surface area contributed by atoms with Gasteiger partial charge >= 0.3 is 0 Å². The fourth-order valence-corrected chi connectivity index (χ4v) is 4.41. The Morgan fingerprint density at radius 1 is 1.10 bits per heavy atom. The second-order valence-electron chi connectivity index (χ2n) is 6.91. The van der Waals surface area contributed by atoms with Crippen molar-refractivity contribution in [2.75, 3.05) is 38.5 Å². The van der Waals surface area contributed by atoms with Crippen molar-refractivity contribution in [2.45, 2.75) is 4.90 Å². The lowest BCUT2D eigenvalue weighted by atomic mass is 10.2. The van der Waals surface area contributed by atoms with Crippen molar-refractivity contribution in [3.63, 3.8) is 0 Å². The monoisotopic (exact) mass is 430 g/mol. The molecule has 3 rings (SSSR count). The number of amides is 1. The molecule has 1 amide bonds. The lowest BCUT2D eigenvalue weighted by Gasteiger charge is -2.31. The molecule has 0 spiro atoms. The first-order chi connectivity index (χ1) is 14.3. The van der Waals surface area contributed by atoms with Crippen molar-refractivity contribution >= 4 is 33.4 Å². The standard InChI is InChI=1S/C20H22N4O5S/c1-22-11-13-23(14-12-22)30(28,29)19-8-6-17(7-9-19)21-20(25)10-5-16-3-2-4-18(15-16)24(26)27/h2-10,15H,11-14H2,1H3,(H,21,25)/b10-5+. The number of rotatable bonds is 6. The molecule has 0 bridgehead atoms. The van der Waals surface area contributed by atoms with E-state index in [1.54, 1.807) is 6.07 Å². The number of non-ortho nitro benzene ring substituents is 1. The first-order valence-electron chi connectivity index (χ1n) is 9.28. The van der Waals surface area contributed by atoms with Crippen LogP contribution in [0.3, 0.4) is 0 Å². The van der Waals surface area contributed by atoms with Crippen molar-refractivity contribution in [2.24, 2.45) is 0 Å². The van der Waals surface area contributed by atoms with Crippen LogP contribution in [0, 0.1) is 10.1 Å². The van der Waals surface area contributed by atoms with E-state index in [0.717, 1.165) is 0 Å². The molecule has 0 aliphatic carbocycles. The number of hydrogen-bond donors (Lipinski definition) is 1. The van der Waals surface area contributed by atoms with E-state index in [4.69, 9.17) is 0 Å². The van der Waals surface area contributed by atoms with Gasteiger partial charge in [0.2, 0.25) is 15.9 Å². The van der Waals surface area contributed by atoms with Crippen LogP contribution < -0.4 is 5.32 Å². The van der Waals surface area contributed by atoms with Gasteiger partial charge in [-0.2, -0.15) is 4.31 Å². The average molecular weight is 430 g/mol. The largest absolute Gasteiger partial charge is 0.323 e. The molecule has 9 nitrogen and oxygen atoms in total. The summed E-state index contributed by atoms with van der Waals surface area (Å²) < 4.78 is 26.9. The molecule has 2 aromatic carbocycles. The molecular formula is C20H22N4O5S. The maximum Gasteiger partial charge on any atom is 0.270 e. The molecule has 1 fully saturated rings. The predicted molar refractivity (Wildman–Crippen MR) is 113 cm³/mol. The van der Waals surface area contributed by atoms with Crippen LogP contribution >= 0.6 is 0 Å². The van der Waals surface area contributed by atoms with Gasteiger partial charge in [-0.15, -0.1) is 0 Å². The third-order valence-electron chi connectivity index (χ3n) is 4.73. The maximum atomic E-state index is 12.7. The minimum atomic E-state index is -3.56. The van der Waals surface area contributed by atoms with Crippen molar-refractivity contribution in [1.82, 2.24) is 9.21 Å². The van der Waals surface area contributed by atoms with Crippen LogP contribution in [0.25, 0.3) is 6.08 Å². The van der Waals surface area contributed by atoms with Crippen LogP contribution in [0.15, 0.2) is 59.5 Å². The highest BCUT2D eigenvalue weighted by Gasteiger charge is 2.27. The molecule has 1 N–H and O–H groups in total. The molecule has 0 radical (unpaired) electrons. The van der Waals surface area contributed by atoms with Crippen LogP contribution in [-0.4, -0.2) is 61.7 Å². The topological polar surface area (TPSA) is 113 Å². The molecule has 158 valence electrons.